The van der Waals surface area contributed by atoms with Gasteiger partial charge in [0.1, 0.15) is 10.2 Å². The van der Waals surface area contributed by atoms with Crippen LogP contribution in [-0.2, 0) is 6.54 Å². The summed E-state index contributed by atoms with van der Waals surface area (Å²) >= 11 is 14.5. The molecule has 124 valence electrons. The zero-order chi connectivity index (χ0) is 16.7. The molecule has 1 aromatic carbocycles. The first-order chi connectivity index (χ1) is 11.6. The molecule has 0 aliphatic carbocycles. The molecule has 0 N–H and O–H groups in total. The fraction of sp³-hybridized carbons (Fsp3) is 0.333. The van der Waals surface area contributed by atoms with Crippen LogP contribution in [0.5, 0.6) is 0 Å². The van der Waals surface area contributed by atoms with E-state index in [4.69, 9.17) is 28.2 Å². The van der Waals surface area contributed by atoms with E-state index in [2.05, 4.69) is 28.1 Å². The third-order valence-corrected chi connectivity index (χ3v) is 6.26. The van der Waals surface area contributed by atoms with Crippen LogP contribution in [0.4, 0.5) is 0 Å². The van der Waals surface area contributed by atoms with Crippen molar-refractivity contribution in [3.8, 4) is 0 Å². The summed E-state index contributed by atoms with van der Waals surface area (Å²) in [6.45, 7) is 3.65. The molecule has 4 rings (SSSR count). The quantitative estimate of drug-likeness (QED) is 0.552. The van der Waals surface area contributed by atoms with Crippen molar-refractivity contribution < 1.29 is 0 Å². The van der Waals surface area contributed by atoms with E-state index in [-0.39, 0.29) is 0 Å². The number of nitrogens with zero attached hydrogens (tertiary/aromatic N) is 3. The molecule has 6 heteroatoms. The lowest BCUT2D eigenvalue weighted by atomic mass is 10.2. The second-order valence-electron chi connectivity index (χ2n) is 6.16. The van der Waals surface area contributed by atoms with Gasteiger partial charge >= 0.3 is 0 Å². The molecule has 1 atom stereocenters. The topological polar surface area (TPSA) is 29.0 Å². The summed E-state index contributed by atoms with van der Waals surface area (Å²) in [7, 11) is 0. The van der Waals surface area contributed by atoms with Gasteiger partial charge in [0.15, 0.2) is 0 Å². The van der Waals surface area contributed by atoms with Gasteiger partial charge in [0.05, 0.1) is 16.3 Å². The first-order valence-corrected chi connectivity index (χ1v) is 9.60. The van der Waals surface area contributed by atoms with E-state index >= 15 is 0 Å². The lowest BCUT2D eigenvalue weighted by Gasteiger charge is -2.23. The monoisotopic (exact) mass is 377 g/mol. The third-order valence-electron chi connectivity index (χ3n) is 4.47. The molecule has 1 saturated heterocycles. The highest BCUT2D eigenvalue weighted by molar-refractivity contribution is 7.18. The highest BCUT2D eigenvalue weighted by Gasteiger charge is 2.29. The number of hydrogen-bond acceptors (Lipinski definition) is 4. The largest absolute Gasteiger partial charge is 0.290 e. The molecule has 0 radical (unpaired) electrons. The number of aryl methyl sites for hydroxylation is 1. The predicted octanol–water partition coefficient (Wildman–Crippen LogP) is 5.64. The van der Waals surface area contributed by atoms with Crippen molar-refractivity contribution in [1.29, 1.82) is 0 Å². The Kier molecular flexibility index (Phi) is 4.48. The van der Waals surface area contributed by atoms with E-state index in [1.54, 1.807) is 11.3 Å². The molecule has 0 amide bonds. The summed E-state index contributed by atoms with van der Waals surface area (Å²) in [4.78, 5) is 11.6. The molecule has 3 nitrogen and oxygen atoms in total. The zero-order valence-electron chi connectivity index (χ0n) is 13.3. The van der Waals surface area contributed by atoms with Crippen molar-refractivity contribution in [2.45, 2.75) is 32.4 Å². The molecule has 1 aliphatic heterocycles. The van der Waals surface area contributed by atoms with Crippen molar-refractivity contribution in [3.05, 3.63) is 56.8 Å². The average Bonchev–Trinajstić information content (AvgIpc) is 3.16. The summed E-state index contributed by atoms with van der Waals surface area (Å²) in [5.41, 5.74) is 2.84. The van der Waals surface area contributed by atoms with Gasteiger partial charge in [0.25, 0.3) is 0 Å². The molecular formula is C18H17Cl2N3S. The predicted molar refractivity (Wildman–Crippen MR) is 101 cm³/mol. The minimum atomic E-state index is 0.329. The summed E-state index contributed by atoms with van der Waals surface area (Å²) in [5, 5.41) is 2.39. The maximum Gasteiger partial charge on any atom is 0.135 e. The van der Waals surface area contributed by atoms with Gasteiger partial charge in [-0.3, -0.25) is 4.90 Å². The fourth-order valence-electron chi connectivity index (χ4n) is 3.30. The molecular weight excluding hydrogens is 361 g/mol. The van der Waals surface area contributed by atoms with Gasteiger partial charge in [-0.1, -0.05) is 35.3 Å². The minimum absolute atomic E-state index is 0.329. The Morgan fingerprint density at radius 3 is 2.88 bits per heavy atom. The molecule has 0 bridgehead atoms. The average molecular weight is 378 g/mol. The number of aromatic nitrogens is 2. The van der Waals surface area contributed by atoms with Crippen LogP contribution < -0.4 is 0 Å². The Morgan fingerprint density at radius 2 is 2.08 bits per heavy atom. The number of rotatable bonds is 3. The van der Waals surface area contributed by atoms with Crippen LogP contribution in [0, 0.1) is 6.92 Å². The Morgan fingerprint density at radius 1 is 1.25 bits per heavy atom. The molecule has 1 fully saturated rings. The van der Waals surface area contributed by atoms with E-state index in [0.29, 0.717) is 22.8 Å². The van der Waals surface area contributed by atoms with Crippen LogP contribution >= 0.6 is 34.5 Å². The van der Waals surface area contributed by atoms with Crippen molar-refractivity contribution >= 4 is 44.8 Å². The van der Waals surface area contributed by atoms with Crippen molar-refractivity contribution in [1.82, 2.24) is 14.9 Å². The van der Waals surface area contributed by atoms with Crippen LogP contribution in [0.15, 0.2) is 30.3 Å². The van der Waals surface area contributed by atoms with Crippen molar-refractivity contribution in [2.75, 3.05) is 6.54 Å². The molecule has 0 spiro atoms. The second-order valence-corrected chi connectivity index (χ2v) is 7.99. The number of likely N-dealkylation sites (tertiary alicyclic amines) is 1. The summed E-state index contributed by atoms with van der Waals surface area (Å²) in [6, 6.07) is 10.5. The number of thiazole rings is 1. The first-order valence-electron chi connectivity index (χ1n) is 8.03. The SMILES string of the molecule is Cc1cc(Cl)c(CN2CCCC2c2nc3ccccc3s2)c(Cl)n1. The van der Waals surface area contributed by atoms with Crippen LogP contribution in [0.2, 0.25) is 10.2 Å². The van der Waals surface area contributed by atoms with Crippen molar-refractivity contribution in [2.24, 2.45) is 0 Å². The van der Waals surface area contributed by atoms with E-state index in [0.717, 1.165) is 36.2 Å². The molecule has 3 aromatic rings. The Labute approximate surface area is 155 Å². The van der Waals surface area contributed by atoms with E-state index in [1.165, 1.54) is 9.71 Å². The number of pyridine rings is 1. The maximum atomic E-state index is 6.41. The van der Waals surface area contributed by atoms with Gasteiger partial charge in [0.2, 0.25) is 0 Å². The van der Waals surface area contributed by atoms with Crippen LogP contribution in [-0.4, -0.2) is 21.4 Å². The van der Waals surface area contributed by atoms with Gasteiger partial charge in [-0.05, 0) is 44.5 Å². The molecule has 1 unspecified atom stereocenters. The lowest BCUT2D eigenvalue weighted by Crippen LogP contribution is -2.23. The number of benzene rings is 1. The summed E-state index contributed by atoms with van der Waals surface area (Å²) < 4.78 is 1.24. The number of para-hydroxylation sites is 1. The van der Waals surface area contributed by atoms with Crippen molar-refractivity contribution in [3.63, 3.8) is 0 Å². The Bertz CT molecular complexity index is 837. The fourth-order valence-corrected chi connectivity index (χ4v) is 5.08. The van der Waals surface area contributed by atoms with E-state index < -0.39 is 0 Å². The maximum absolute atomic E-state index is 6.41. The minimum Gasteiger partial charge on any atom is -0.290 e. The molecule has 24 heavy (non-hydrogen) atoms. The highest BCUT2D eigenvalue weighted by Crippen LogP contribution is 2.38. The van der Waals surface area contributed by atoms with Crippen LogP contribution in [0.25, 0.3) is 10.2 Å². The summed E-state index contributed by atoms with van der Waals surface area (Å²) in [6.07, 6.45) is 2.28. The highest BCUT2D eigenvalue weighted by atomic mass is 35.5. The van der Waals surface area contributed by atoms with Gasteiger partial charge in [0, 0.05) is 22.8 Å². The van der Waals surface area contributed by atoms with Gasteiger partial charge < -0.3 is 0 Å². The number of hydrogen-bond donors (Lipinski definition) is 0. The van der Waals surface area contributed by atoms with Crippen LogP contribution in [0.3, 0.4) is 0 Å². The molecule has 1 aliphatic rings. The Hall–Kier alpha value is -1.20. The third kappa shape index (κ3) is 3.04. The Balaban J connectivity index is 1.63. The first kappa shape index (κ1) is 16.3. The number of halogens is 2. The number of fused-ring (bicyclic) bond motifs is 1. The summed E-state index contributed by atoms with van der Waals surface area (Å²) in [5.74, 6) is 0. The normalized spacial score (nSPS) is 18.5. The molecule has 2 aromatic heterocycles. The van der Waals surface area contributed by atoms with Crippen LogP contribution in [0.1, 0.15) is 35.1 Å². The van der Waals surface area contributed by atoms with Gasteiger partial charge in [-0.25, -0.2) is 9.97 Å². The zero-order valence-corrected chi connectivity index (χ0v) is 15.6. The van der Waals surface area contributed by atoms with Gasteiger partial charge in [-0.15, -0.1) is 11.3 Å². The lowest BCUT2D eigenvalue weighted by molar-refractivity contribution is 0.248. The second kappa shape index (κ2) is 6.60. The smallest absolute Gasteiger partial charge is 0.135 e. The van der Waals surface area contributed by atoms with E-state index in [9.17, 15) is 0 Å². The van der Waals surface area contributed by atoms with E-state index in [1.807, 2.05) is 19.1 Å². The van der Waals surface area contributed by atoms with Gasteiger partial charge in [-0.2, -0.15) is 0 Å². The molecule has 3 heterocycles. The standard InChI is InChI=1S/C18H17Cl2N3S/c1-11-9-13(19)12(17(20)21-11)10-23-8-4-6-15(23)18-22-14-5-2-3-7-16(14)24-18/h2-3,5,7,9,15H,4,6,8,10H2,1H3. The molecule has 0 saturated carbocycles.